The van der Waals surface area contributed by atoms with E-state index in [-0.39, 0.29) is 0 Å². The maximum atomic E-state index is 6.11. The summed E-state index contributed by atoms with van der Waals surface area (Å²) in [5.74, 6) is 0.967. The Hall–Kier alpha value is -1.42. The second-order valence-electron chi connectivity index (χ2n) is 5.69. The first-order valence-corrected chi connectivity index (χ1v) is 7.22. The van der Waals surface area contributed by atoms with Gasteiger partial charge in [-0.2, -0.15) is 0 Å². The van der Waals surface area contributed by atoms with Crippen molar-refractivity contribution in [2.75, 3.05) is 43.9 Å². The lowest BCUT2D eigenvalue weighted by Crippen LogP contribution is -2.44. The average Bonchev–Trinajstić information content (AvgIpc) is 2.35. The summed E-state index contributed by atoms with van der Waals surface area (Å²) in [7, 11) is 2.17. The fraction of sp³-hybridized carbons (Fsp3) is 0.600. The van der Waals surface area contributed by atoms with Crippen LogP contribution < -0.4 is 15.4 Å². The number of likely N-dealkylation sites (N-methyl/N-ethyl adjacent to an activating group) is 1. The molecule has 104 valence electrons. The van der Waals surface area contributed by atoms with Gasteiger partial charge in [-0.15, -0.1) is 0 Å². The number of hydrogen-bond acceptors (Lipinski definition) is 4. The van der Waals surface area contributed by atoms with Gasteiger partial charge in [0.2, 0.25) is 0 Å². The van der Waals surface area contributed by atoms with Gasteiger partial charge in [-0.3, -0.25) is 0 Å². The molecule has 1 aliphatic carbocycles. The summed E-state index contributed by atoms with van der Waals surface area (Å²) < 4.78 is 6.11. The minimum atomic E-state index is 0.396. The number of ether oxygens (including phenoxy) is 1. The number of nitrogens with two attached hydrogens (primary N) is 1. The summed E-state index contributed by atoms with van der Waals surface area (Å²) in [6.07, 6.45) is 4.04. The topological polar surface area (TPSA) is 41.7 Å². The van der Waals surface area contributed by atoms with Crippen molar-refractivity contribution in [1.29, 1.82) is 0 Å². The molecule has 1 heterocycles. The lowest BCUT2D eigenvalue weighted by atomic mass is 9.96. The largest absolute Gasteiger partial charge is 0.488 e. The Morgan fingerprint density at radius 2 is 1.89 bits per heavy atom. The third-order valence-electron chi connectivity index (χ3n) is 4.17. The molecular weight excluding hydrogens is 238 g/mol. The normalized spacial score (nSPS) is 21.2. The molecule has 19 heavy (non-hydrogen) atoms. The Balaban J connectivity index is 1.78. The summed E-state index contributed by atoms with van der Waals surface area (Å²) in [5, 5.41) is 0. The van der Waals surface area contributed by atoms with Crippen LogP contribution in [0.2, 0.25) is 0 Å². The molecule has 0 radical (unpaired) electrons. The van der Waals surface area contributed by atoms with Crippen LogP contribution in [0.25, 0.3) is 0 Å². The highest BCUT2D eigenvalue weighted by atomic mass is 16.5. The zero-order valence-corrected chi connectivity index (χ0v) is 11.6. The lowest BCUT2D eigenvalue weighted by molar-refractivity contribution is 0.120. The molecule has 0 atom stereocenters. The lowest BCUT2D eigenvalue weighted by Gasteiger charge is -2.36. The van der Waals surface area contributed by atoms with Crippen LogP contribution in [-0.2, 0) is 0 Å². The zero-order valence-electron chi connectivity index (χ0n) is 11.6. The third-order valence-corrected chi connectivity index (χ3v) is 4.17. The summed E-state index contributed by atoms with van der Waals surface area (Å²) >= 11 is 0. The minimum absolute atomic E-state index is 0.396. The second-order valence-corrected chi connectivity index (χ2v) is 5.69. The van der Waals surface area contributed by atoms with Crippen LogP contribution in [0.5, 0.6) is 5.75 Å². The molecule has 1 saturated carbocycles. The molecule has 4 nitrogen and oxygen atoms in total. The van der Waals surface area contributed by atoms with Gasteiger partial charge < -0.3 is 20.3 Å². The standard InChI is InChI=1S/C15H23N3O/c1-17-7-9-18(10-8-17)14-6-5-12(16)11-15(14)19-13-3-2-4-13/h5-6,11,13H,2-4,7-10,16H2,1H3. The van der Waals surface area contributed by atoms with Crippen molar-refractivity contribution >= 4 is 11.4 Å². The molecule has 3 rings (SSSR count). The van der Waals surface area contributed by atoms with Crippen molar-refractivity contribution < 1.29 is 4.74 Å². The highest BCUT2D eigenvalue weighted by Gasteiger charge is 2.23. The minimum Gasteiger partial charge on any atom is -0.488 e. The molecule has 0 bridgehead atoms. The van der Waals surface area contributed by atoms with Crippen molar-refractivity contribution in [3.05, 3.63) is 18.2 Å². The molecule has 2 N–H and O–H groups in total. The van der Waals surface area contributed by atoms with E-state index >= 15 is 0 Å². The molecule has 1 aliphatic heterocycles. The van der Waals surface area contributed by atoms with E-state index in [1.807, 2.05) is 12.1 Å². The number of hydrogen-bond donors (Lipinski definition) is 1. The van der Waals surface area contributed by atoms with Crippen molar-refractivity contribution in [3.63, 3.8) is 0 Å². The highest BCUT2D eigenvalue weighted by molar-refractivity contribution is 5.64. The van der Waals surface area contributed by atoms with Crippen LogP contribution in [0.3, 0.4) is 0 Å². The van der Waals surface area contributed by atoms with Crippen LogP contribution >= 0.6 is 0 Å². The first-order chi connectivity index (χ1) is 9.22. The Labute approximate surface area is 115 Å². The van der Waals surface area contributed by atoms with Gasteiger partial charge in [0, 0.05) is 37.9 Å². The van der Waals surface area contributed by atoms with Gasteiger partial charge in [0.05, 0.1) is 11.8 Å². The summed E-state index contributed by atoms with van der Waals surface area (Å²) in [6, 6.07) is 6.06. The van der Waals surface area contributed by atoms with Crippen LogP contribution in [0, 0.1) is 0 Å². The van der Waals surface area contributed by atoms with Crippen molar-refractivity contribution in [3.8, 4) is 5.75 Å². The molecule has 0 unspecified atom stereocenters. The van der Waals surface area contributed by atoms with E-state index in [2.05, 4.69) is 22.9 Å². The van der Waals surface area contributed by atoms with Crippen LogP contribution in [-0.4, -0.2) is 44.2 Å². The van der Waals surface area contributed by atoms with Gasteiger partial charge in [-0.1, -0.05) is 0 Å². The van der Waals surface area contributed by atoms with Crippen LogP contribution in [0.1, 0.15) is 19.3 Å². The third kappa shape index (κ3) is 2.78. The van der Waals surface area contributed by atoms with Gasteiger partial charge in [0.25, 0.3) is 0 Å². The molecule has 2 aliphatic rings. The maximum Gasteiger partial charge on any atom is 0.145 e. The van der Waals surface area contributed by atoms with E-state index < -0.39 is 0 Å². The van der Waals surface area contributed by atoms with Gasteiger partial charge in [0.15, 0.2) is 0 Å². The molecule has 0 spiro atoms. The van der Waals surface area contributed by atoms with Gasteiger partial charge in [-0.05, 0) is 38.4 Å². The predicted molar refractivity (Wildman–Crippen MR) is 78.8 cm³/mol. The Bertz CT molecular complexity index is 437. The fourth-order valence-electron chi connectivity index (χ4n) is 2.60. The number of nitrogen functional groups attached to an aromatic ring is 1. The molecule has 1 saturated heterocycles. The number of benzene rings is 1. The molecule has 1 aromatic rings. The van der Waals surface area contributed by atoms with Crippen molar-refractivity contribution in [1.82, 2.24) is 4.90 Å². The first-order valence-electron chi connectivity index (χ1n) is 7.22. The van der Waals surface area contributed by atoms with E-state index in [4.69, 9.17) is 10.5 Å². The maximum absolute atomic E-state index is 6.11. The Morgan fingerprint density at radius 3 is 2.53 bits per heavy atom. The van der Waals surface area contributed by atoms with E-state index in [1.54, 1.807) is 0 Å². The van der Waals surface area contributed by atoms with E-state index in [0.717, 1.165) is 37.6 Å². The zero-order chi connectivity index (χ0) is 13.2. The second kappa shape index (κ2) is 5.29. The molecule has 0 amide bonds. The average molecular weight is 261 g/mol. The van der Waals surface area contributed by atoms with Gasteiger partial charge in [-0.25, -0.2) is 0 Å². The molecule has 4 heteroatoms. The molecule has 1 aromatic carbocycles. The fourth-order valence-corrected chi connectivity index (χ4v) is 2.60. The number of anilines is 2. The summed E-state index contributed by atoms with van der Waals surface area (Å²) in [5.41, 5.74) is 7.89. The van der Waals surface area contributed by atoms with Crippen LogP contribution in [0.4, 0.5) is 11.4 Å². The number of piperazine rings is 1. The highest BCUT2D eigenvalue weighted by Crippen LogP contribution is 2.35. The van der Waals surface area contributed by atoms with Gasteiger partial charge in [0.1, 0.15) is 5.75 Å². The summed E-state index contributed by atoms with van der Waals surface area (Å²) in [6.45, 7) is 4.32. The SMILES string of the molecule is CN1CCN(c2ccc(N)cc2OC2CCC2)CC1. The number of nitrogens with zero attached hydrogens (tertiary/aromatic N) is 2. The van der Waals surface area contributed by atoms with E-state index in [9.17, 15) is 0 Å². The monoisotopic (exact) mass is 261 g/mol. The summed E-state index contributed by atoms with van der Waals surface area (Å²) in [4.78, 5) is 4.77. The Morgan fingerprint density at radius 1 is 1.16 bits per heavy atom. The van der Waals surface area contributed by atoms with Crippen LogP contribution in [0.15, 0.2) is 18.2 Å². The van der Waals surface area contributed by atoms with E-state index in [0.29, 0.717) is 6.10 Å². The number of rotatable bonds is 3. The smallest absolute Gasteiger partial charge is 0.145 e. The molecule has 0 aromatic heterocycles. The Kier molecular flexibility index (Phi) is 3.51. The molecule has 2 fully saturated rings. The molecular formula is C15H23N3O. The van der Waals surface area contributed by atoms with Gasteiger partial charge >= 0.3 is 0 Å². The van der Waals surface area contributed by atoms with E-state index in [1.165, 1.54) is 24.9 Å². The van der Waals surface area contributed by atoms with Crippen molar-refractivity contribution in [2.45, 2.75) is 25.4 Å². The van der Waals surface area contributed by atoms with Crippen molar-refractivity contribution in [2.24, 2.45) is 0 Å². The first kappa shape index (κ1) is 12.6. The predicted octanol–water partition coefficient (Wildman–Crippen LogP) is 1.95. The quantitative estimate of drug-likeness (QED) is 0.845.